The molecule has 4 aliphatic carbocycles. The summed E-state index contributed by atoms with van der Waals surface area (Å²) in [6, 6.07) is 6.16. The third-order valence-corrected chi connectivity index (χ3v) is 10.0. The highest BCUT2D eigenvalue weighted by atomic mass is 35.5. The van der Waals surface area contributed by atoms with Gasteiger partial charge in [-0.3, -0.25) is 9.59 Å². The Balaban J connectivity index is 1.48. The maximum Gasteiger partial charge on any atom is 0.339 e. The molecule has 2 saturated carbocycles. The summed E-state index contributed by atoms with van der Waals surface area (Å²) in [5.41, 5.74) is 0.804. The fourth-order valence-corrected chi connectivity index (χ4v) is 8.09. The second-order valence-electron chi connectivity index (χ2n) is 11.7. The van der Waals surface area contributed by atoms with E-state index in [1.54, 1.807) is 24.3 Å². The summed E-state index contributed by atoms with van der Waals surface area (Å²) in [6.07, 6.45) is 10.6. The van der Waals surface area contributed by atoms with E-state index in [1.807, 2.05) is 13.0 Å². The monoisotopic (exact) mass is 553 g/mol. The van der Waals surface area contributed by atoms with Crippen molar-refractivity contribution in [1.29, 1.82) is 0 Å². The van der Waals surface area contributed by atoms with Gasteiger partial charge in [0.2, 0.25) is 0 Å². The average molecular weight is 554 g/mol. The number of hydrogen-bond donors (Lipinski definition) is 0. The van der Waals surface area contributed by atoms with Crippen LogP contribution in [-0.2, 0) is 25.8 Å². The smallest absolute Gasteiger partial charge is 0.339 e. The minimum atomic E-state index is -1.40. The van der Waals surface area contributed by atoms with Crippen LogP contribution in [0.25, 0.3) is 0 Å². The zero-order chi connectivity index (χ0) is 28.2. The molecular formula is C30H32ClNO7. The second kappa shape index (κ2) is 9.73. The van der Waals surface area contributed by atoms with Crippen molar-refractivity contribution in [3.05, 3.63) is 81.0 Å². The number of fused-ring (bicyclic) bond motifs is 5. The van der Waals surface area contributed by atoms with Crippen LogP contribution in [0.15, 0.2) is 59.7 Å². The molecule has 1 aromatic rings. The largest absolute Gasteiger partial charge is 0.446 e. The van der Waals surface area contributed by atoms with E-state index in [0.29, 0.717) is 18.4 Å². The Labute approximate surface area is 232 Å². The minimum absolute atomic E-state index is 0.0219. The molecule has 0 saturated heterocycles. The lowest BCUT2D eigenvalue weighted by atomic mass is 9.51. The van der Waals surface area contributed by atoms with Crippen LogP contribution in [0.3, 0.4) is 0 Å². The Morgan fingerprint density at radius 2 is 1.92 bits per heavy atom. The lowest BCUT2D eigenvalue weighted by Gasteiger charge is -2.54. The number of alkyl halides is 1. The zero-order valence-corrected chi connectivity index (χ0v) is 23.0. The van der Waals surface area contributed by atoms with Crippen molar-refractivity contribution in [2.75, 3.05) is 5.88 Å². The van der Waals surface area contributed by atoms with Crippen LogP contribution in [0.5, 0.6) is 0 Å². The quantitative estimate of drug-likeness (QED) is 0.142. The van der Waals surface area contributed by atoms with E-state index >= 15 is 0 Å². The van der Waals surface area contributed by atoms with E-state index in [1.165, 1.54) is 17.7 Å². The van der Waals surface area contributed by atoms with Crippen LogP contribution in [-0.4, -0.2) is 34.1 Å². The number of ketones is 2. The maximum atomic E-state index is 13.7. The van der Waals surface area contributed by atoms with Gasteiger partial charge in [-0.05, 0) is 74.3 Å². The number of rotatable bonds is 7. The van der Waals surface area contributed by atoms with Crippen molar-refractivity contribution in [1.82, 2.24) is 0 Å². The van der Waals surface area contributed by atoms with Gasteiger partial charge < -0.3 is 9.57 Å². The van der Waals surface area contributed by atoms with Crippen LogP contribution >= 0.6 is 11.6 Å². The molecule has 39 heavy (non-hydrogen) atoms. The van der Waals surface area contributed by atoms with Gasteiger partial charge in [0.05, 0.1) is 11.4 Å². The topological polar surface area (TPSA) is 113 Å². The van der Waals surface area contributed by atoms with E-state index in [2.05, 4.69) is 24.8 Å². The third kappa shape index (κ3) is 4.15. The van der Waals surface area contributed by atoms with Crippen molar-refractivity contribution in [2.45, 2.75) is 58.7 Å². The molecule has 2 unspecified atom stereocenters. The molecule has 5 rings (SSSR count). The van der Waals surface area contributed by atoms with Crippen LogP contribution in [0, 0.1) is 38.7 Å². The molecule has 0 aromatic heterocycles. The maximum absolute atomic E-state index is 13.7. The van der Waals surface area contributed by atoms with Crippen molar-refractivity contribution < 1.29 is 29.0 Å². The molecule has 4 aliphatic rings. The number of ether oxygens (including phenoxy) is 1. The van der Waals surface area contributed by atoms with E-state index in [9.17, 15) is 24.5 Å². The summed E-state index contributed by atoms with van der Waals surface area (Å²) in [4.78, 5) is 54.1. The molecule has 8 nitrogen and oxygen atoms in total. The Morgan fingerprint density at radius 3 is 2.59 bits per heavy atom. The second-order valence-corrected chi connectivity index (χ2v) is 11.9. The first kappa shape index (κ1) is 27.3. The van der Waals surface area contributed by atoms with Gasteiger partial charge in [0.25, 0.3) is 5.09 Å². The number of esters is 1. The first-order valence-electron chi connectivity index (χ1n) is 13.3. The van der Waals surface area contributed by atoms with Gasteiger partial charge in [0.15, 0.2) is 17.2 Å². The molecule has 0 radical (unpaired) electrons. The zero-order valence-electron chi connectivity index (χ0n) is 22.3. The highest BCUT2D eigenvalue weighted by molar-refractivity contribution is 6.29. The van der Waals surface area contributed by atoms with Crippen LogP contribution in [0.2, 0.25) is 0 Å². The molecule has 0 amide bonds. The highest BCUT2D eigenvalue weighted by Crippen LogP contribution is 2.67. The van der Waals surface area contributed by atoms with Crippen LogP contribution < -0.4 is 0 Å². The van der Waals surface area contributed by atoms with E-state index in [0.717, 1.165) is 18.4 Å². The molecule has 0 N–H and O–H groups in total. The summed E-state index contributed by atoms with van der Waals surface area (Å²) >= 11 is 6.18. The number of carbonyl (C=O) groups excluding carboxylic acids is 3. The predicted molar refractivity (Wildman–Crippen MR) is 143 cm³/mol. The van der Waals surface area contributed by atoms with Crippen molar-refractivity contribution >= 4 is 29.1 Å². The summed E-state index contributed by atoms with van der Waals surface area (Å²) < 4.78 is 6.27. The molecular weight excluding hydrogens is 522 g/mol. The molecule has 0 aliphatic heterocycles. The van der Waals surface area contributed by atoms with Crippen molar-refractivity contribution in [2.24, 2.45) is 28.6 Å². The molecule has 0 spiro atoms. The predicted octanol–water partition coefficient (Wildman–Crippen LogP) is 5.57. The van der Waals surface area contributed by atoms with Gasteiger partial charge in [0.1, 0.15) is 6.61 Å². The van der Waals surface area contributed by atoms with Gasteiger partial charge in [-0.2, -0.15) is 0 Å². The fraction of sp³-hybridized carbons (Fsp3) is 0.500. The molecule has 9 heteroatoms. The molecule has 0 bridgehead atoms. The van der Waals surface area contributed by atoms with Gasteiger partial charge in [-0.15, -0.1) is 21.7 Å². The number of carbonyl (C=O) groups is 3. The van der Waals surface area contributed by atoms with E-state index in [-0.39, 0.29) is 52.8 Å². The first-order chi connectivity index (χ1) is 18.5. The Bertz CT molecular complexity index is 1330. The van der Waals surface area contributed by atoms with E-state index in [4.69, 9.17) is 16.3 Å². The Hall–Kier alpha value is -3.26. The third-order valence-electron chi connectivity index (χ3n) is 9.80. The lowest BCUT2D eigenvalue weighted by Crippen LogP contribution is -2.59. The number of benzene rings is 1. The van der Waals surface area contributed by atoms with Crippen LogP contribution in [0.1, 0.15) is 62.4 Å². The van der Waals surface area contributed by atoms with Crippen molar-refractivity contribution in [3.63, 3.8) is 0 Å². The van der Waals surface area contributed by atoms with Crippen LogP contribution in [0.4, 0.5) is 0 Å². The molecule has 6 atom stereocenters. The van der Waals surface area contributed by atoms with Crippen molar-refractivity contribution in [3.8, 4) is 0 Å². The number of hydrogen-bond acceptors (Lipinski definition) is 7. The van der Waals surface area contributed by atoms with Gasteiger partial charge in [-0.1, -0.05) is 49.3 Å². The Morgan fingerprint density at radius 1 is 1.21 bits per heavy atom. The summed E-state index contributed by atoms with van der Waals surface area (Å²) in [6.45, 7) is 5.95. The molecule has 1 aromatic carbocycles. The van der Waals surface area contributed by atoms with Gasteiger partial charge >= 0.3 is 5.97 Å². The SMILES string of the molecule is C[C@@H]1CC2C3CCC4=CC(=O)C=C[C@]4(C)C3=CC[C@]2(C)[C@@]1(OC(=O)c1ccc(CO[N+](=O)[O-])cc1)C(=O)CCl. The minimum Gasteiger partial charge on any atom is -0.446 e. The fourth-order valence-electron chi connectivity index (χ4n) is 7.89. The summed E-state index contributed by atoms with van der Waals surface area (Å²) in [5, 5.41) is 9.60. The number of nitrogens with zero attached hydrogens (tertiary/aromatic N) is 1. The summed E-state index contributed by atoms with van der Waals surface area (Å²) in [7, 11) is 0. The van der Waals surface area contributed by atoms with Gasteiger partial charge in [-0.25, -0.2) is 4.79 Å². The summed E-state index contributed by atoms with van der Waals surface area (Å²) in [5.74, 6) is -1.14. The standard InChI is InChI=1S/C30H32ClNO7/c1-18-14-25-23-9-8-21-15-22(33)10-12-28(21,2)24(23)11-13-29(25,3)30(18,26(34)16-31)39-27(35)20-6-4-19(5-7-20)17-38-32(36)37/h4-7,10-12,15,18,23,25H,8-9,13-14,16-17H2,1-3H3/t18-,23?,25?,28+,29+,30+/m1/s1. The average Bonchev–Trinajstić information content (AvgIpc) is 3.14. The lowest BCUT2D eigenvalue weighted by molar-refractivity contribution is -0.763. The first-order valence-corrected chi connectivity index (χ1v) is 13.8. The number of halogens is 1. The Kier molecular flexibility index (Phi) is 6.82. The molecule has 0 heterocycles. The number of allylic oxidation sites excluding steroid dienone is 6. The molecule has 2 fully saturated rings. The van der Waals surface area contributed by atoms with Gasteiger partial charge in [0, 0.05) is 16.7 Å². The van der Waals surface area contributed by atoms with E-state index < -0.39 is 22.1 Å². The molecule has 206 valence electrons. The normalized spacial score (nSPS) is 34.7. The number of Topliss-reactive ketones (excluding diaryl/α,β-unsaturated/α-hetero) is 1. The highest BCUT2D eigenvalue weighted by Gasteiger charge is 2.69.